The highest BCUT2D eigenvalue weighted by atomic mass is 16.1. The first kappa shape index (κ1) is 13.5. The number of nitrogens with one attached hydrogen (secondary N) is 1. The lowest BCUT2D eigenvalue weighted by molar-refractivity contribution is -0.121. The summed E-state index contributed by atoms with van der Waals surface area (Å²) in [5, 5.41) is 3.53. The molecule has 2 atom stereocenters. The van der Waals surface area contributed by atoms with Gasteiger partial charge in [0.05, 0.1) is 0 Å². The molecule has 19 heavy (non-hydrogen) atoms. The van der Waals surface area contributed by atoms with Crippen molar-refractivity contribution < 1.29 is 4.79 Å². The van der Waals surface area contributed by atoms with Crippen LogP contribution in [0.3, 0.4) is 0 Å². The largest absolute Gasteiger partial charge is 0.302 e. The van der Waals surface area contributed by atoms with Crippen molar-refractivity contribution in [2.75, 3.05) is 0 Å². The van der Waals surface area contributed by atoms with Gasteiger partial charge in [0, 0.05) is 24.9 Å². The van der Waals surface area contributed by atoms with Crippen LogP contribution in [0.5, 0.6) is 0 Å². The molecule has 0 spiro atoms. The molecule has 1 saturated heterocycles. The van der Waals surface area contributed by atoms with Crippen LogP contribution in [0.4, 0.5) is 0 Å². The Morgan fingerprint density at radius 1 is 1.21 bits per heavy atom. The molecule has 1 aromatic rings. The first-order valence-electron chi connectivity index (χ1n) is 6.52. The number of ketones is 1. The fraction of sp³-hybridized carbons (Fsp3) is 0.235. The molecule has 1 aliphatic rings. The quantitative estimate of drug-likeness (QED) is 0.834. The van der Waals surface area contributed by atoms with Crippen molar-refractivity contribution in [2.45, 2.75) is 24.9 Å². The van der Waals surface area contributed by atoms with Crippen LogP contribution in [0.2, 0.25) is 0 Å². The molecule has 0 radical (unpaired) electrons. The van der Waals surface area contributed by atoms with E-state index in [-0.39, 0.29) is 17.9 Å². The van der Waals surface area contributed by atoms with Gasteiger partial charge in [-0.1, -0.05) is 61.7 Å². The van der Waals surface area contributed by atoms with Crippen LogP contribution in [0, 0.1) is 0 Å². The second-order valence-corrected chi connectivity index (χ2v) is 4.74. The molecule has 0 amide bonds. The molecule has 1 N–H and O–H groups in total. The van der Waals surface area contributed by atoms with Crippen molar-refractivity contribution in [1.29, 1.82) is 0 Å². The van der Waals surface area contributed by atoms with Crippen molar-refractivity contribution in [3.63, 3.8) is 0 Å². The van der Waals surface area contributed by atoms with Gasteiger partial charge < -0.3 is 5.32 Å². The molecule has 2 heteroatoms. The number of benzene rings is 1. The van der Waals surface area contributed by atoms with Gasteiger partial charge in [0.25, 0.3) is 0 Å². The summed E-state index contributed by atoms with van der Waals surface area (Å²) in [4.78, 5) is 12.0. The fourth-order valence-corrected chi connectivity index (χ4v) is 2.48. The van der Waals surface area contributed by atoms with E-state index in [0.717, 1.165) is 11.1 Å². The number of rotatable bonds is 4. The summed E-state index contributed by atoms with van der Waals surface area (Å²) in [7, 11) is 0. The summed E-state index contributed by atoms with van der Waals surface area (Å²) in [5.41, 5.74) is 2.17. The van der Waals surface area contributed by atoms with Crippen LogP contribution in [-0.2, 0) is 4.79 Å². The second kappa shape index (κ2) is 6.30. The van der Waals surface area contributed by atoms with Crippen molar-refractivity contribution >= 4 is 5.78 Å². The Bertz CT molecular complexity index is 501. The first-order chi connectivity index (χ1) is 9.24. The van der Waals surface area contributed by atoms with Gasteiger partial charge in [0.15, 0.2) is 0 Å². The summed E-state index contributed by atoms with van der Waals surface area (Å²) in [6, 6.07) is 10.2. The summed E-state index contributed by atoms with van der Waals surface area (Å²) in [5.74, 6) is 0.286. The fourth-order valence-electron chi connectivity index (χ4n) is 2.48. The molecule has 1 fully saturated rings. The van der Waals surface area contributed by atoms with Gasteiger partial charge in [-0.15, -0.1) is 0 Å². The van der Waals surface area contributed by atoms with Gasteiger partial charge in [-0.3, -0.25) is 4.79 Å². The summed E-state index contributed by atoms with van der Waals surface area (Å²) in [6.07, 6.45) is 6.51. The zero-order valence-electron chi connectivity index (χ0n) is 11.0. The normalized spacial score (nSPS) is 24.0. The van der Waals surface area contributed by atoms with E-state index in [0.29, 0.717) is 12.8 Å². The Morgan fingerprint density at radius 2 is 1.95 bits per heavy atom. The van der Waals surface area contributed by atoms with Gasteiger partial charge in [0.2, 0.25) is 0 Å². The zero-order valence-corrected chi connectivity index (χ0v) is 11.0. The van der Waals surface area contributed by atoms with E-state index in [1.54, 1.807) is 12.2 Å². The third-order valence-corrected chi connectivity index (χ3v) is 3.42. The Labute approximate surface area is 114 Å². The third kappa shape index (κ3) is 3.30. The molecule has 98 valence electrons. The van der Waals surface area contributed by atoms with Crippen LogP contribution in [0.15, 0.2) is 67.3 Å². The maximum absolute atomic E-state index is 12.0. The van der Waals surface area contributed by atoms with Crippen LogP contribution in [0.1, 0.15) is 24.4 Å². The first-order valence-corrected chi connectivity index (χ1v) is 6.52. The van der Waals surface area contributed by atoms with E-state index in [2.05, 4.69) is 30.6 Å². The van der Waals surface area contributed by atoms with Crippen molar-refractivity contribution in [2.24, 2.45) is 0 Å². The van der Waals surface area contributed by atoms with Gasteiger partial charge in [0.1, 0.15) is 5.78 Å². The lowest BCUT2D eigenvalue weighted by Gasteiger charge is -2.31. The summed E-state index contributed by atoms with van der Waals surface area (Å²) < 4.78 is 0. The van der Waals surface area contributed by atoms with E-state index in [1.807, 2.05) is 24.3 Å². The molecular weight excluding hydrogens is 234 g/mol. The maximum Gasteiger partial charge on any atom is 0.136 e. The monoisotopic (exact) mass is 253 g/mol. The Kier molecular flexibility index (Phi) is 4.48. The van der Waals surface area contributed by atoms with E-state index in [9.17, 15) is 4.79 Å². The minimum atomic E-state index is 0.0296. The predicted molar refractivity (Wildman–Crippen MR) is 78.8 cm³/mol. The van der Waals surface area contributed by atoms with Crippen molar-refractivity contribution in [3.05, 3.63) is 72.9 Å². The highest BCUT2D eigenvalue weighted by Crippen LogP contribution is 2.26. The number of hydrogen-bond donors (Lipinski definition) is 1. The number of allylic oxidation sites excluding steroid dienone is 2. The Balaban J connectivity index is 2.21. The zero-order chi connectivity index (χ0) is 13.7. The number of Topliss-reactive ketones (excluding diaryl/α,β-unsaturated/α-hetero) is 1. The molecule has 1 aromatic carbocycles. The summed E-state index contributed by atoms with van der Waals surface area (Å²) in [6.45, 7) is 7.51. The van der Waals surface area contributed by atoms with Crippen LogP contribution in [0.25, 0.3) is 0 Å². The van der Waals surface area contributed by atoms with Gasteiger partial charge in [-0.05, 0) is 11.1 Å². The van der Waals surface area contributed by atoms with Gasteiger partial charge >= 0.3 is 0 Å². The standard InChI is InChI=1S/C17H19NO/c1-3-8-13(4-2)16-11-15(19)12-17(18-16)14-9-6-5-7-10-14/h3-10,16-18H,1-2,11-12H2/b13-8+. The molecule has 0 bridgehead atoms. The van der Waals surface area contributed by atoms with E-state index in [4.69, 9.17) is 0 Å². The molecular formula is C17H19NO. The highest BCUT2D eigenvalue weighted by molar-refractivity contribution is 5.81. The molecule has 0 aliphatic carbocycles. The molecule has 0 saturated carbocycles. The number of piperidine rings is 1. The lowest BCUT2D eigenvalue weighted by atomic mass is 9.89. The molecule has 2 nitrogen and oxygen atoms in total. The predicted octanol–water partition coefficient (Wildman–Crippen LogP) is 3.35. The second-order valence-electron chi connectivity index (χ2n) is 4.74. The van der Waals surface area contributed by atoms with Gasteiger partial charge in [-0.25, -0.2) is 0 Å². The van der Waals surface area contributed by atoms with E-state index >= 15 is 0 Å². The highest BCUT2D eigenvalue weighted by Gasteiger charge is 2.28. The molecule has 0 aromatic heterocycles. The van der Waals surface area contributed by atoms with Crippen LogP contribution >= 0.6 is 0 Å². The van der Waals surface area contributed by atoms with E-state index < -0.39 is 0 Å². The minimum Gasteiger partial charge on any atom is -0.302 e. The molecule has 2 unspecified atom stereocenters. The molecule has 2 rings (SSSR count). The molecule has 1 heterocycles. The van der Waals surface area contributed by atoms with Crippen LogP contribution < -0.4 is 5.32 Å². The maximum atomic E-state index is 12.0. The summed E-state index contributed by atoms with van der Waals surface area (Å²) >= 11 is 0. The average Bonchev–Trinajstić information content (AvgIpc) is 2.45. The topological polar surface area (TPSA) is 29.1 Å². The van der Waals surface area contributed by atoms with Crippen LogP contribution in [-0.4, -0.2) is 11.8 Å². The van der Waals surface area contributed by atoms with Crippen molar-refractivity contribution in [1.82, 2.24) is 5.32 Å². The SMILES string of the molecule is C=C/C=C(\C=C)C1CC(=O)CC(c2ccccc2)N1. The Hall–Kier alpha value is -1.93. The lowest BCUT2D eigenvalue weighted by Crippen LogP contribution is -2.41. The number of hydrogen-bond acceptors (Lipinski definition) is 2. The van der Waals surface area contributed by atoms with Gasteiger partial charge in [-0.2, -0.15) is 0 Å². The van der Waals surface area contributed by atoms with Crippen molar-refractivity contribution in [3.8, 4) is 0 Å². The average molecular weight is 253 g/mol. The minimum absolute atomic E-state index is 0.0296. The third-order valence-electron chi connectivity index (χ3n) is 3.42. The number of carbonyl (C=O) groups is 1. The Morgan fingerprint density at radius 3 is 2.58 bits per heavy atom. The van der Waals surface area contributed by atoms with E-state index in [1.165, 1.54) is 0 Å². The molecule has 1 aliphatic heterocycles. The smallest absolute Gasteiger partial charge is 0.136 e. The number of carbonyl (C=O) groups excluding carboxylic acids is 1.